The van der Waals surface area contributed by atoms with Gasteiger partial charge in [-0.25, -0.2) is 8.78 Å². The van der Waals surface area contributed by atoms with Crippen molar-refractivity contribution in [2.45, 2.75) is 26.3 Å². The van der Waals surface area contributed by atoms with E-state index < -0.39 is 29.3 Å². The molecule has 0 saturated heterocycles. The summed E-state index contributed by atoms with van der Waals surface area (Å²) in [5.74, 6) is -2.63. The number of amides is 1. The monoisotopic (exact) mass is 371 g/mol. The summed E-state index contributed by atoms with van der Waals surface area (Å²) in [5, 5.41) is 10.4. The smallest absolute Gasteiger partial charge is 0.294 e. The second-order valence-corrected chi connectivity index (χ2v) is 6.89. The van der Waals surface area contributed by atoms with Crippen LogP contribution in [-0.2, 0) is 9.59 Å². The number of hydrogen-bond acceptors (Lipinski definition) is 3. The maximum atomic E-state index is 13.4. The Morgan fingerprint density at radius 2 is 1.56 bits per heavy atom. The SMILES string of the molecule is CC(C)CC(=O)C1=C(O)C(=O)N(c2ccc(F)cc2)C1c1ccc(F)cc1. The first-order valence-corrected chi connectivity index (χ1v) is 8.60. The summed E-state index contributed by atoms with van der Waals surface area (Å²) in [4.78, 5) is 26.7. The molecular weight excluding hydrogens is 352 g/mol. The van der Waals surface area contributed by atoms with Gasteiger partial charge in [-0.3, -0.25) is 14.5 Å². The summed E-state index contributed by atoms with van der Waals surface area (Å²) in [6.45, 7) is 3.72. The minimum Gasteiger partial charge on any atom is -0.503 e. The maximum absolute atomic E-state index is 13.4. The van der Waals surface area contributed by atoms with Crippen LogP contribution in [0.3, 0.4) is 0 Å². The maximum Gasteiger partial charge on any atom is 0.294 e. The number of benzene rings is 2. The molecule has 0 fully saturated rings. The highest BCUT2D eigenvalue weighted by Crippen LogP contribution is 2.41. The van der Waals surface area contributed by atoms with Gasteiger partial charge in [0.1, 0.15) is 11.6 Å². The number of anilines is 1. The number of aliphatic hydroxyl groups is 1. The van der Waals surface area contributed by atoms with Crippen LogP contribution in [-0.4, -0.2) is 16.8 Å². The van der Waals surface area contributed by atoms with E-state index in [9.17, 15) is 23.5 Å². The topological polar surface area (TPSA) is 57.6 Å². The fourth-order valence-electron chi connectivity index (χ4n) is 3.20. The summed E-state index contributed by atoms with van der Waals surface area (Å²) in [6.07, 6.45) is 0.154. The van der Waals surface area contributed by atoms with Gasteiger partial charge < -0.3 is 5.11 Å². The third-order valence-electron chi connectivity index (χ3n) is 4.39. The van der Waals surface area contributed by atoms with Gasteiger partial charge in [-0.05, 0) is 47.9 Å². The molecule has 0 aromatic heterocycles. The molecular formula is C21H19F2NO3. The molecule has 4 nitrogen and oxygen atoms in total. The van der Waals surface area contributed by atoms with E-state index in [0.717, 1.165) is 0 Å². The van der Waals surface area contributed by atoms with Crippen LogP contribution in [0.1, 0.15) is 31.9 Å². The lowest BCUT2D eigenvalue weighted by atomic mass is 9.92. The number of aliphatic hydroxyl groups excluding tert-OH is 1. The Labute approximate surface area is 155 Å². The molecule has 1 unspecified atom stereocenters. The normalized spacial score (nSPS) is 17.1. The van der Waals surface area contributed by atoms with Crippen molar-refractivity contribution < 1.29 is 23.5 Å². The molecule has 27 heavy (non-hydrogen) atoms. The number of rotatable bonds is 5. The van der Waals surface area contributed by atoms with Gasteiger partial charge in [-0.15, -0.1) is 0 Å². The number of hydrogen-bond donors (Lipinski definition) is 1. The molecule has 1 aliphatic rings. The zero-order valence-electron chi connectivity index (χ0n) is 14.9. The molecule has 2 aromatic rings. The van der Waals surface area contributed by atoms with Crippen LogP contribution in [0.2, 0.25) is 0 Å². The van der Waals surface area contributed by atoms with Gasteiger partial charge in [-0.1, -0.05) is 26.0 Å². The first-order valence-electron chi connectivity index (χ1n) is 8.60. The Balaban J connectivity index is 2.13. The molecule has 1 atom stereocenters. The van der Waals surface area contributed by atoms with E-state index in [1.54, 1.807) is 0 Å². The first-order chi connectivity index (χ1) is 12.8. The third-order valence-corrected chi connectivity index (χ3v) is 4.39. The van der Waals surface area contributed by atoms with Gasteiger partial charge in [0.25, 0.3) is 5.91 Å². The molecule has 1 amide bonds. The van der Waals surface area contributed by atoms with Crippen LogP contribution in [0.15, 0.2) is 59.9 Å². The molecule has 140 valence electrons. The Kier molecular flexibility index (Phi) is 5.08. The number of Topliss-reactive ketones (excluding diaryl/α,β-unsaturated/α-hetero) is 1. The van der Waals surface area contributed by atoms with Crippen LogP contribution >= 0.6 is 0 Å². The van der Waals surface area contributed by atoms with E-state index in [1.807, 2.05) is 13.8 Å². The number of ketones is 1. The number of carbonyl (C=O) groups excluding carboxylic acids is 2. The highest BCUT2D eigenvalue weighted by molar-refractivity contribution is 6.16. The van der Waals surface area contributed by atoms with Crippen molar-refractivity contribution in [3.05, 3.63) is 77.1 Å². The standard InChI is InChI=1S/C21H19F2NO3/c1-12(2)11-17(25)18-19(13-3-5-14(22)6-4-13)24(21(27)20(18)26)16-9-7-15(23)8-10-16/h3-10,12,19,26H,11H2,1-2H3. The average Bonchev–Trinajstić information content (AvgIpc) is 2.87. The zero-order valence-corrected chi connectivity index (χ0v) is 14.9. The molecule has 6 heteroatoms. The molecule has 2 aromatic carbocycles. The predicted octanol–water partition coefficient (Wildman–Crippen LogP) is 4.48. The van der Waals surface area contributed by atoms with Gasteiger partial charge in [0.2, 0.25) is 0 Å². The first kappa shape index (κ1) is 18.8. The molecule has 0 spiro atoms. The Bertz CT molecular complexity index is 902. The van der Waals surface area contributed by atoms with Crippen molar-refractivity contribution >= 4 is 17.4 Å². The summed E-state index contributed by atoms with van der Waals surface area (Å²) < 4.78 is 26.7. The van der Waals surface area contributed by atoms with Crippen molar-refractivity contribution in [2.24, 2.45) is 5.92 Å². The van der Waals surface area contributed by atoms with Crippen molar-refractivity contribution in [2.75, 3.05) is 4.90 Å². The second kappa shape index (κ2) is 7.31. The van der Waals surface area contributed by atoms with Gasteiger partial charge >= 0.3 is 0 Å². The molecule has 3 rings (SSSR count). The van der Waals surface area contributed by atoms with E-state index in [4.69, 9.17) is 0 Å². The lowest BCUT2D eigenvalue weighted by Gasteiger charge is -2.27. The van der Waals surface area contributed by atoms with E-state index in [0.29, 0.717) is 11.3 Å². The van der Waals surface area contributed by atoms with Crippen LogP contribution < -0.4 is 4.90 Å². The van der Waals surface area contributed by atoms with Crippen LogP contribution in [0, 0.1) is 17.6 Å². The van der Waals surface area contributed by atoms with E-state index >= 15 is 0 Å². The molecule has 0 aliphatic carbocycles. The van der Waals surface area contributed by atoms with Crippen molar-refractivity contribution in [3.63, 3.8) is 0 Å². The molecule has 0 saturated carbocycles. The summed E-state index contributed by atoms with van der Waals surface area (Å²) >= 11 is 0. The molecule has 1 aliphatic heterocycles. The Morgan fingerprint density at radius 1 is 1.04 bits per heavy atom. The van der Waals surface area contributed by atoms with Crippen molar-refractivity contribution in [1.29, 1.82) is 0 Å². The van der Waals surface area contributed by atoms with Crippen LogP contribution in [0.5, 0.6) is 0 Å². The zero-order chi connectivity index (χ0) is 19.7. The molecule has 1 N–H and O–H groups in total. The highest BCUT2D eigenvalue weighted by atomic mass is 19.1. The molecule has 0 bridgehead atoms. The lowest BCUT2D eigenvalue weighted by molar-refractivity contribution is -0.118. The fourth-order valence-corrected chi connectivity index (χ4v) is 3.20. The van der Waals surface area contributed by atoms with E-state index in [-0.39, 0.29) is 23.7 Å². The quantitative estimate of drug-likeness (QED) is 0.843. The van der Waals surface area contributed by atoms with Gasteiger partial charge in [0.05, 0.1) is 11.6 Å². The van der Waals surface area contributed by atoms with Gasteiger partial charge in [0.15, 0.2) is 11.5 Å². The van der Waals surface area contributed by atoms with Gasteiger partial charge in [-0.2, -0.15) is 0 Å². The summed E-state index contributed by atoms with van der Waals surface area (Å²) in [5.41, 5.74) is 0.782. The Morgan fingerprint density at radius 3 is 2.07 bits per heavy atom. The summed E-state index contributed by atoms with van der Waals surface area (Å²) in [7, 11) is 0. The van der Waals surface area contributed by atoms with Crippen LogP contribution in [0.25, 0.3) is 0 Å². The summed E-state index contributed by atoms with van der Waals surface area (Å²) in [6, 6.07) is 9.64. The van der Waals surface area contributed by atoms with Crippen molar-refractivity contribution in [1.82, 2.24) is 0 Å². The minimum atomic E-state index is -0.908. The number of nitrogens with zero attached hydrogens (tertiary/aromatic N) is 1. The van der Waals surface area contributed by atoms with Crippen molar-refractivity contribution in [3.8, 4) is 0 Å². The minimum absolute atomic E-state index is 0.0235. The fraction of sp³-hybridized carbons (Fsp3) is 0.238. The lowest BCUT2D eigenvalue weighted by Crippen LogP contribution is -2.31. The number of halogens is 2. The van der Waals surface area contributed by atoms with E-state index in [1.165, 1.54) is 53.4 Å². The predicted molar refractivity (Wildman–Crippen MR) is 97.1 cm³/mol. The number of carbonyl (C=O) groups is 2. The second-order valence-electron chi connectivity index (χ2n) is 6.89. The van der Waals surface area contributed by atoms with Crippen LogP contribution in [0.4, 0.5) is 14.5 Å². The highest BCUT2D eigenvalue weighted by Gasteiger charge is 2.44. The average molecular weight is 371 g/mol. The largest absolute Gasteiger partial charge is 0.503 e. The molecule has 0 radical (unpaired) electrons. The Hall–Kier alpha value is -3.02. The third kappa shape index (κ3) is 3.60. The van der Waals surface area contributed by atoms with E-state index in [2.05, 4.69) is 0 Å². The van der Waals surface area contributed by atoms with Gasteiger partial charge in [0, 0.05) is 12.1 Å². The molecule has 1 heterocycles.